The van der Waals surface area contributed by atoms with E-state index in [0.717, 1.165) is 56.6 Å². The van der Waals surface area contributed by atoms with E-state index >= 15 is 0 Å². The highest BCUT2D eigenvalue weighted by Gasteiger charge is 2.11. The van der Waals surface area contributed by atoms with Crippen LogP contribution in [-0.2, 0) is 12.8 Å². The summed E-state index contributed by atoms with van der Waals surface area (Å²) in [5.41, 5.74) is 6.52. The summed E-state index contributed by atoms with van der Waals surface area (Å²) in [6, 6.07) is 33.5. The predicted octanol–water partition coefficient (Wildman–Crippen LogP) is 8.25. The normalized spacial score (nSPS) is 10.2. The van der Waals surface area contributed by atoms with Gasteiger partial charge in [0.2, 0.25) is 0 Å². The Kier molecular flexibility index (Phi) is 6.80. The van der Waals surface area contributed by atoms with Gasteiger partial charge in [-0.15, -0.1) is 13.2 Å². The van der Waals surface area contributed by atoms with Gasteiger partial charge in [0, 0.05) is 22.3 Å². The van der Waals surface area contributed by atoms with Gasteiger partial charge < -0.3 is 0 Å². The lowest BCUT2D eigenvalue weighted by molar-refractivity contribution is 1.26. The Balaban J connectivity index is 1.74. The molecule has 0 unspecified atom stereocenters. The van der Waals surface area contributed by atoms with Gasteiger partial charge in [-0.1, -0.05) is 121 Å². The first kappa shape index (κ1) is 23.0. The van der Waals surface area contributed by atoms with Gasteiger partial charge in [-0.25, -0.2) is 0 Å². The van der Waals surface area contributed by atoms with Crippen LogP contribution < -0.4 is 0 Å². The van der Waals surface area contributed by atoms with Crippen LogP contribution in [-0.4, -0.2) is 0 Å². The first-order chi connectivity index (χ1) is 17.8. The van der Waals surface area contributed by atoms with Crippen LogP contribution in [0.25, 0.3) is 21.5 Å². The van der Waals surface area contributed by atoms with Gasteiger partial charge in [-0.05, 0) is 57.6 Å². The van der Waals surface area contributed by atoms with Crippen molar-refractivity contribution in [1.82, 2.24) is 0 Å². The zero-order valence-electron chi connectivity index (χ0n) is 20.2. The number of benzene rings is 5. The minimum Gasteiger partial charge on any atom is -0.103 e. The summed E-state index contributed by atoms with van der Waals surface area (Å²) in [5.74, 6) is 14.0. The molecule has 170 valence electrons. The summed E-state index contributed by atoms with van der Waals surface area (Å²) in [4.78, 5) is 0. The molecule has 0 aliphatic heterocycles. The van der Waals surface area contributed by atoms with Crippen molar-refractivity contribution in [2.24, 2.45) is 0 Å². The summed E-state index contributed by atoms with van der Waals surface area (Å²) in [5, 5.41) is 4.48. The van der Waals surface area contributed by atoms with Crippen molar-refractivity contribution in [3.63, 3.8) is 0 Å². The minimum absolute atomic E-state index is 0.800. The number of hydrogen-bond acceptors (Lipinski definition) is 0. The molecule has 0 N–H and O–H groups in total. The Bertz CT molecular complexity index is 1540. The second-order valence-electron chi connectivity index (χ2n) is 8.64. The number of hydrogen-bond donors (Lipinski definition) is 0. The molecule has 36 heavy (non-hydrogen) atoms. The summed E-state index contributed by atoms with van der Waals surface area (Å²) >= 11 is 0. The van der Waals surface area contributed by atoms with E-state index in [1.165, 1.54) is 11.1 Å². The molecule has 0 atom stereocenters. The molecule has 0 saturated heterocycles. The van der Waals surface area contributed by atoms with Gasteiger partial charge in [-0.3, -0.25) is 0 Å². The van der Waals surface area contributed by atoms with Crippen LogP contribution in [0.2, 0.25) is 0 Å². The number of fused-ring (bicyclic) bond motifs is 2. The first-order valence-electron chi connectivity index (χ1n) is 12.1. The number of allylic oxidation sites excluding steroid dienone is 2. The molecule has 0 heteroatoms. The van der Waals surface area contributed by atoms with Crippen molar-refractivity contribution in [1.29, 1.82) is 0 Å². The quantitative estimate of drug-likeness (QED) is 0.144. The molecular formula is C36H26. The van der Waals surface area contributed by atoms with Crippen molar-refractivity contribution < 1.29 is 0 Å². The van der Waals surface area contributed by atoms with Crippen LogP contribution >= 0.6 is 0 Å². The van der Waals surface area contributed by atoms with Gasteiger partial charge in [0.1, 0.15) is 0 Å². The molecule has 0 aliphatic carbocycles. The Morgan fingerprint density at radius 2 is 0.778 bits per heavy atom. The highest BCUT2D eigenvalue weighted by atomic mass is 14.1. The van der Waals surface area contributed by atoms with Crippen molar-refractivity contribution >= 4 is 21.5 Å². The largest absolute Gasteiger partial charge is 0.103 e. The third kappa shape index (κ3) is 4.59. The molecule has 0 radical (unpaired) electrons. The SMILES string of the molecule is C=CCc1ccccc1C#Cc1c2ccccc2c(C#Cc2ccccc2CC=C)c2ccccc12. The predicted molar refractivity (Wildman–Crippen MR) is 154 cm³/mol. The summed E-state index contributed by atoms with van der Waals surface area (Å²) in [7, 11) is 0. The van der Waals surface area contributed by atoms with Gasteiger partial charge in [-0.2, -0.15) is 0 Å². The molecule has 0 amide bonds. The lowest BCUT2D eigenvalue weighted by Gasteiger charge is -2.11. The molecule has 0 nitrogen and oxygen atoms in total. The second kappa shape index (κ2) is 10.7. The lowest BCUT2D eigenvalue weighted by atomic mass is 9.91. The van der Waals surface area contributed by atoms with Crippen LogP contribution in [0.1, 0.15) is 33.4 Å². The lowest BCUT2D eigenvalue weighted by Crippen LogP contribution is -1.92. The minimum atomic E-state index is 0.800. The average molecular weight is 459 g/mol. The standard InChI is InChI=1S/C36H26/c1-3-13-27-15-5-7-17-29(27)23-25-35-31-19-9-11-21-33(31)36(34-22-12-10-20-32(34)35)26-24-30-18-8-6-16-28(30)14-4-2/h3-12,15-22H,1-2,13-14H2. The van der Waals surface area contributed by atoms with Crippen molar-refractivity contribution in [2.75, 3.05) is 0 Å². The van der Waals surface area contributed by atoms with Gasteiger partial charge in [0.15, 0.2) is 0 Å². The zero-order chi connectivity index (χ0) is 24.7. The molecule has 0 aliphatic rings. The summed E-state index contributed by atoms with van der Waals surface area (Å²) in [6.45, 7) is 7.79. The van der Waals surface area contributed by atoms with Crippen molar-refractivity contribution in [3.05, 3.63) is 156 Å². The second-order valence-corrected chi connectivity index (χ2v) is 8.64. The molecule has 5 rings (SSSR count). The van der Waals surface area contributed by atoms with Gasteiger partial charge >= 0.3 is 0 Å². The molecule has 0 saturated carbocycles. The van der Waals surface area contributed by atoms with Crippen LogP contribution in [0.15, 0.2) is 122 Å². The summed E-state index contributed by atoms with van der Waals surface area (Å²) in [6.07, 6.45) is 5.44. The molecule has 5 aromatic rings. The molecule has 0 heterocycles. The van der Waals surface area contributed by atoms with Crippen LogP contribution in [0.4, 0.5) is 0 Å². The zero-order valence-corrected chi connectivity index (χ0v) is 20.2. The maximum Gasteiger partial charge on any atom is 0.0406 e. The van der Waals surface area contributed by atoms with E-state index < -0.39 is 0 Å². The molecule has 0 aromatic heterocycles. The van der Waals surface area contributed by atoms with Crippen LogP contribution in [0, 0.1) is 23.7 Å². The third-order valence-electron chi connectivity index (χ3n) is 6.34. The summed E-state index contributed by atoms with van der Waals surface area (Å²) < 4.78 is 0. The third-order valence-corrected chi connectivity index (χ3v) is 6.34. The van der Waals surface area contributed by atoms with E-state index in [9.17, 15) is 0 Å². The Hall–Kier alpha value is -4.78. The van der Waals surface area contributed by atoms with Crippen molar-refractivity contribution in [2.45, 2.75) is 12.8 Å². The molecule has 5 aromatic carbocycles. The first-order valence-corrected chi connectivity index (χ1v) is 12.1. The highest BCUT2D eigenvalue weighted by Crippen LogP contribution is 2.32. The van der Waals surface area contributed by atoms with E-state index in [0.29, 0.717) is 0 Å². The Labute approximate surface area is 213 Å². The average Bonchev–Trinajstić information content (AvgIpc) is 2.92. The van der Waals surface area contributed by atoms with E-state index in [2.05, 4.69) is 122 Å². The molecule has 0 fully saturated rings. The van der Waals surface area contributed by atoms with Crippen LogP contribution in [0.3, 0.4) is 0 Å². The Morgan fingerprint density at radius 3 is 1.14 bits per heavy atom. The highest BCUT2D eigenvalue weighted by molar-refractivity contribution is 6.09. The van der Waals surface area contributed by atoms with E-state index in [4.69, 9.17) is 0 Å². The number of rotatable bonds is 4. The van der Waals surface area contributed by atoms with Crippen molar-refractivity contribution in [3.8, 4) is 23.7 Å². The molecular weight excluding hydrogens is 432 g/mol. The van der Waals surface area contributed by atoms with E-state index in [-0.39, 0.29) is 0 Å². The molecule has 0 bridgehead atoms. The monoisotopic (exact) mass is 458 g/mol. The fourth-order valence-corrected chi connectivity index (χ4v) is 4.61. The van der Waals surface area contributed by atoms with E-state index in [1.54, 1.807) is 0 Å². The maximum atomic E-state index is 3.90. The maximum absolute atomic E-state index is 3.90. The smallest absolute Gasteiger partial charge is 0.0406 e. The van der Waals surface area contributed by atoms with Crippen LogP contribution in [0.5, 0.6) is 0 Å². The van der Waals surface area contributed by atoms with E-state index in [1.807, 2.05) is 24.3 Å². The fourth-order valence-electron chi connectivity index (χ4n) is 4.61. The fraction of sp³-hybridized carbons (Fsp3) is 0.0556. The Morgan fingerprint density at radius 1 is 0.444 bits per heavy atom. The van der Waals surface area contributed by atoms with Gasteiger partial charge in [0.25, 0.3) is 0 Å². The topological polar surface area (TPSA) is 0 Å². The molecule has 0 spiro atoms. The van der Waals surface area contributed by atoms with Gasteiger partial charge in [0.05, 0.1) is 0 Å².